The van der Waals surface area contributed by atoms with E-state index in [1.165, 1.54) is 26.2 Å². The second-order valence-electron chi connectivity index (χ2n) is 4.46. The zero-order valence-corrected chi connectivity index (χ0v) is 8.66. The van der Waals surface area contributed by atoms with E-state index in [0.717, 1.165) is 19.4 Å². The molecule has 2 rings (SSSR count). The molecule has 0 radical (unpaired) electrons. The maximum atomic E-state index is 11.6. The van der Waals surface area contributed by atoms with Gasteiger partial charge in [0.1, 0.15) is 0 Å². The van der Waals surface area contributed by atoms with Gasteiger partial charge in [-0.05, 0) is 25.2 Å². The van der Waals surface area contributed by atoms with Crippen LogP contribution in [0, 0.1) is 5.92 Å². The normalized spacial score (nSPS) is 31.4. The molecule has 3 heteroatoms. The molecule has 0 aromatic heterocycles. The van der Waals surface area contributed by atoms with Crippen molar-refractivity contribution in [3.05, 3.63) is 0 Å². The minimum Gasteiger partial charge on any atom is -0.333 e. The summed E-state index contributed by atoms with van der Waals surface area (Å²) in [5.41, 5.74) is 0. The average Bonchev–Trinajstić information content (AvgIpc) is 2.60. The van der Waals surface area contributed by atoms with Gasteiger partial charge in [-0.1, -0.05) is 12.8 Å². The summed E-state index contributed by atoms with van der Waals surface area (Å²) in [5.74, 6) is 0.0997. The van der Waals surface area contributed by atoms with Gasteiger partial charge in [0.15, 0.2) is 0 Å². The predicted molar refractivity (Wildman–Crippen MR) is 52.8 cm³/mol. The van der Waals surface area contributed by atoms with Crippen molar-refractivity contribution in [2.45, 2.75) is 45.1 Å². The van der Waals surface area contributed by atoms with Crippen LogP contribution in [0.5, 0.6) is 0 Å². The molecule has 0 bridgehead atoms. The maximum Gasteiger partial charge on any atom is 0.289 e. The molecule has 2 aliphatic rings. The van der Waals surface area contributed by atoms with Crippen molar-refractivity contribution in [2.75, 3.05) is 6.54 Å². The highest BCUT2D eigenvalue weighted by Gasteiger charge is 2.38. The maximum absolute atomic E-state index is 11.6. The summed E-state index contributed by atoms with van der Waals surface area (Å²) in [6, 6.07) is 0.375. The van der Waals surface area contributed by atoms with Crippen molar-refractivity contribution in [2.24, 2.45) is 5.92 Å². The van der Waals surface area contributed by atoms with Gasteiger partial charge in [0, 0.05) is 19.5 Å². The van der Waals surface area contributed by atoms with Crippen molar-refractivity contribution >= 4 is 11.7 Å². The first-order chi connectivity index (χ1) is 6.70. The number of ketones is 1. The Hall–Kier alpha value is -0.860. The van der Waals surface area contributed by atoms with Crippen LogP contribution in [-0.4, -0.2) is 29.2 Å². The Balaban J connectivity index is 2.07. The first-order valence-electron chi connectivity index (χ1n) is 5.51. The SMILES string of the molecule is CC(=O)C(=O)N1CCC2CCCC[C@@H]21. The van der Waals surface area contributed by atoms with Gasteiger partial charge in [-0.15, -0.1) is 0 Å². The molecule has 0 aromatic rings. The molecule has 78 valence electrons. The lowest BCUT2D eigenvalue weighted by atomic mass is 9.85. The summed E-state index contributed by atoms with van der Waals surface area (Å²) < 4.78 is 0. The van der Waals surface area contributed by atoms with Crippen molar-refractivity contribution in [1.82, 2.24) is 4.90 Å². The summed E-state index contributed by atoms with van der Waals surface area (Å²) in [6.45, 7) is 2.17. The molecule has 0 spiro atoms. The molecule has 1 aliphatic carbocycles. The van der Waals surface area contributed by atoms with Gasteiger partial charge in [0.2, 0.25) is 5.78 Å². The molecule has 14 heavy (non-hydrogen) atoms. The first kappa shape index (κ1) is 9.69. The average molecular weight is 195 g/mol. The molecule has 1 aliphatic heterocycles. The largest absolute Gasteiger partial charge is 0.333 e. The Bertz CT molecular complexity index is 262. The highest BCUT2D eigenvalue weighted by Crippen LogP contribution is 2.36. The van der Waals surface area contributed by atoms with Gasteiger partial charge in [0.25, 0.3) is 5.91 Å². The third kappa shape index (κ3) is 1.56. The van der Waals surface area contributed by atoms with Crippen molar-refractivity contribution in [1.29, 1.82) is 0 Å². The number of hydrogen-bond donors (Lipinski definition) is 0. The van der Waals surface area contributed by atoms with Gasteiger partial charge in [-0.3, -0.25) is 9.59 Å². The van der Waals surface area contributed by atoms with E-state index in [2.05, 4.69) is 0 Å². The lowest BCUT2D eigenvalue weighted by molar-refractivity contribution is -0.144. The van der Waals surface area contributed by atoms with Crippen LogP contribution in [-0.2, 0) is 9.59 Å². The van der Waals surface area contributed by atoms with Crippen LogP contribution in [0.4, 0.5) is 0 Å². The Kier molecular flexibility index (Phi) is 2.57. The predicted octanol–water partition coefficient (Wildman–Crippen LogP) is 1.37. The van der Waals surface area contributed by atoms with Crippen LogP contribution in [0.1, 0.15) is 39.0 Å². The van der Waals surface area contributed by atoms with Gasteiger partial charge < -0.3 is 4.90 Å². The Morgan fingerprint density at radius 3 is 2.57 bits per heavy atom. The number of carbonyl (C=O) groups is 2. The fraction of sp³-hybridized carbons (Fsp3) is 0.818. The third-order valence-corrected chi connectivity index (χ3v) is 3.57. The number of rotatable bonds is 1. The molecule has 1 saturated heterocycles. The van der Waals surface area contributed by atoms with Crippen LogP contribution in [0.2, 0.25) is 0 Å². The van der Waals surface area contributed by atoms with Gasteiger partial charge in [0.05, 0.1) is 0 Å². The minimum atomic E-state index is -0.309. The van der Waals surface area contributed by atoms with E-state index in [9.17, 15) is 9.59 Å². The molecule has 3 nitrogen and oxygen atoms in total. The summed E-state index contributed by atoms with van der Waals surface area (Å²) in [5, 5.41) is 0. The summed E-state index contributed by atoms with van der Waals surface area (Å²) in [4.78, 5) is 24.4. The molecule has 1 amide bonds. The van der Waals surface area contributed by atoms with Crippen LogP contribution in [0.25, 0.3) is 0 Å². The highest BCUT2D eigenvalue weighted by molar-refractivity contribution is 6.35. The molecular weight excluding hydrogens is 178 g/mol. The van der Waals surface area contributed by atoms with Crippen molar-refractivity contribution in [3.63, 3.8) is 0 Å². The standard InChI is InChI=1S/C11H17NO2/c1-8(13)11(14)12-7-6-9-4-2-3-5-10(9)12/h9-10H,2-7H2,1H3/t9?,10-/m0/s1. The van der Waals surface area contributed by atoms with Crippen molar-refractivity contribution in [3.8, 4) is 0 Å². The fourth-order valence-corrected chi connectivity index (χ4v) is 2.86. The zero-order valence-electron chi connectivity index (χ0n) is 8.66. The van der Waals surface area contributed by atoms with Gasteiger partial charge >= 0.3 is 0 Å². The summed E-state index contributed by atoms with van der Waals surface area (Å²) >= 11 is 0. The number of nitrogens with zero attached hydrogens (tertiary/aromatic N) is 1. The number of carbonyl (C=O) groups excluding carboxylic acids is 2. The number of fused-ring (bicyclic) bond motifs is 1. The quantitative estimate of drug-likeness (QED) is 0.592. The Labute approximate surface area is 84.5 Å². The van der Waals surface area contributed by atoms with E-state index in [-0.39, 0.29) is 11.7 Å². The van der Waals surface area contributed by atoms with E-state index in [4.69, 9.17) is 0 Å². The Morgan fingerprint density at radius 2 is 1.86 bits per heavy atom. The molecular formula is C11H17NO2. The van der Waals surface area contributed by atoms with Crippen LogP contribution in [0.15, 0.2) is 0 Å². The molecule has 2 atom stereocenters. The molecule has 2 fully saturated rings. The topological polar surface area (TPSA) is 37.4 Å². The number of hydrogen-bond acceptors (Lipinski definition) is 2. The van der Waals surface area contributed by atoms with E-state index in [0.29, 0.717) is 12.0 Å². The molecule has 0 N–H and O–H groups in total. The van der Waals surface area contributed by atoms with E-state index >= 15 is 0 Å². The fourth-order valence-electron chi connectivity index (χ4n) is 2.86. The molecule has 1 unspecified atom stereocenters. The van der Waals surface area contributed by atoms with Crippen LogP contribution < -0.4 is 0 Å². The monoisotopic (exact) mass is 195 g/mol. The first-order valence-corrected chi connectivity index (χ1v) is 5.51. The van der Waals surface area contributed by atoms with Gasteiger partial charge in [-0.25, -0.2) is 0 Å². The van der Waals surface area contributed by atoms with E-state index < -0.39 is 0 Å². The smallest absolute Gasteiger partial charge is 0.289 e. The second kappa shape index (κ2) is 3.71. The lowest BCUT2D eigenvalue weighted by Crippen LogP contribution is -2.42. The minimum absolute atomic E-state index is 0.264. The zero-order chi connectivity index (χ0) is 10.1. The molecule has 1 saturated carbocycles. The van der Waals surface area contributed by atoms with Crippen LogP contribution in [0.3, 0.4) is 0 Å². The summed E-state index contributed by atoms with van der Waals surface area (Å²) in [7, 11) is 0. The second-order valence-corrected chi connectivity index (χ2v) is 4.46. The summed E-state index contributed by atoms with van der Waals surface area (Å²) in [6.07, 6.45) is 5.95. The molecule has 0 aromatic carbocycles. The number of likely N-dealkylation sites (tertiary alicyclic amines) is 1. The lowest BCUT2D eigenvalue weighted by Gasteiger charge is -2.30. The van der Waals surface area contributed by atoms with E-state index in [1.807, 2.05) is 4.90 Å². The Morgan fingerprint density at radius 1 is 1.14 bits per heavy atom. The highest BCUT2D eigenvalue weighted by atomic mass is 16.2. The van der Waals surface area contributed by atoms with Gasteiger partial charge in [-0.2, -0.15) is 0 Å². The van der Waals surface area contributed by atoms with Crippen LogP contribution >= 0.6 is 0 Å². The number of amides is 1. The molecule has 1 heterocycles. The van der Waals surface area contributed by atoms with E-state index in [1.54, 1.807) is 0 Å². The number of Topliss-reactive ketones (excluding diaryl/α,β-unsaturated/α-hetero) is 1. The van der Waals surface area contributed by atoms with Crippen molar-refractivity contribution < 1.29 is 9.59 Å². The third-order valence-electron chi connectivity index (χ3n) is 3.57.